The summed E-state index contributed by atoms with van der Waals surface area (Å²) in [5.41, 5.74) is 2.12. The van der Waals surface area contributed by atoms with Crippen molar-refractivity contribution < 1.29 is 19.7 Å². The average Bonchev–Trinajstić information content (AvgIpc) is 3.07. The molecule has 2 aliphatic heterocycles. The number of carbonyl (C=O) groups is 1. The van der Waals surface area contributed by atoms with Gasteiger partial charge in [0.1, 0.15) is 17.1 Å². The second-order valence-electron chi connectivity index (χ2n) is 13.8. The predicted molar refractivity (Wildman–Crippen MR) is 181 cm³/mol. The van der Waals surface area contributed by atoms with E-state index in [4.69, 9.17) is 4.99 Å². The molecule has 242 valence electrons. The van der Waals surface area contributed by atoms with E-state index in [0.717, 1.165) is 38.6 Å². The van der Waals surface area contributed by atoms with Gasteiger partial charge >= 0.3 is 0 Å². The normalized spacial score (nSPS) is 28.4. The van der Waals surface area contributed by atoms with E-state index in [1.807, 2.05) is 60.7 Å². The molecule has 2 fully saturated rings. The van der Waals surface area contributed by atoms with Crippen molar-refractivity contribution in [2.24, 2.45) is 4.99 Å². The maximum Gasteiger partial charge on any atom is 0.213 e. The number of aliphatic hydroxyl groups is 1. The van der Waals surface area contributed by atoms with Gasteiger partial charge in [-0.15, -0.1) is 0 Å². The lowest BCUT2D eigenvalue weighted by atomic mass is 9.78. The number of rotatable bonds is 3. The monoisotopic (exact) mass is 644 g/mol. The molecule has 5 aliphatic rings. The Morgan fingerprint density at radius 3 is 1.98 bits per heavy atom. The molecule has 2 spiro atoms. The Balaban J connectivity index is 1.19. The summed E-state index contributed by atoms with van der Waals surface area (Å²) >= 11 is 0. The molecule has 12 heteroatoms. The van der Waals surface area contributed by atoms with Crippen LogP contribution in [0.25, 0.3) is 32.7 Å². The lowest BCUT2D eigenvalue weighted by Crippen LogP contribution is -2.52. The number of allylic oxidation sites excluding steroid dienone is 2. The highest BCUT2D eigenvalue weighted by molar-refractivity contribution is 6.52. The number of carbonyl (C=O) groups excluding carboxylic acids is 1. The van der Waals surface area contributed by atoms with Crippen molar-refractivity contribution in [2.75, 3.05) is 16.0 Å². The summed E-state index contributed by atoms with van der Waals surface area (Å²) in [6.45, 7) is 0. The summed E-state index contributed by atoms with van der Waals surface area (Å²) in [6, 6.07) is 18.2. The molecule has 0 aromatic heterocycles. The molecule has 2 heterocycles. The van der Waals surface area contributed by atoms with Gasteiger partial charge < -0.3 is 21.1 Å². The topological polar surface area (TPSA) is 172 Å². The smallest absolute Gasteiger partial charge is 0.213 e. The fourth-order valence-corrected chi connectivity index (χ4v) is 8.61. The summed E-state index contributed by atoms with van der Waals surface area (Å²) in [4.78, 5) is 42.0. The van der Waals surface area contributed by atoms with E-state index in [1.165, 1.54) is 0 Å². The van der Waals surface area contributed by atoms with Crippen LogP contribution < -0.4 is 26.5 Å². The van der Waals surface area contributed by atoms with E-state index in [-0.39, 0.29) is 32.5 Å². The molecular weight excluding hydrogens is 612 g/mol. The van der Waals surface area contributed by atoms with E-state index < -0.39 is 23.4 Å². The number of hydrogen-bond donors (Lipinski definition) is 4. The van der Waals surface area contributed by atoms with Crippen LogP contribution in [-0.2, 0) is 4.79 Å². The molecule has 0 amide bonds. The number of nitro groups is 2. The molecule has 0 bridgehead atoms. The van der Waals surface area contributed by atoms with Gasteiger partial charge in [0.05, 0.1) is 22.2 Å². The van der Waals surface area contributed by atoms with E-state index in [2.05, 4.69) is 16.0 Å². The number of nitrogens with one attached hydrogen (secondary N) is 3. The summed E-state index contributed by atoms with van der Waals surface area (Å²) in [5, 5.41) is 50.4. The number of hydrogen-bond acceptors (Lipinski definition) is 10. The maximum absolute atomic E-state index is 14.3. The molecule has 2 saturated carbocycles. The summed E-state index contributed by atoms with van der Waals surface area (Å²) in [7, 11) is 0. The molecule has 0 radical (unpaired) electrons. The van der Waals surface area contributed by atoms with Crippen LogP contribution in [0.2, 0.25) is 0 Å². The summed E-state index contributed by atoms with van der Waals surface area (Å²) in [6.07, 6.45) is 3.64. The van der Waals surface area contributed by atoms with Crippen LogP contribution in [0.4, 0.5) is 17.1 Å². The van der Waals surface area contributed by atoms with Gasteiger partial charge in [0.2, 0.25) is 17.9 Å². The number of nitrogens with zero attached hydrogens (tertiary/aromatic N) is 3. The zero-order valence-electron chi connectivity index (χ0n) is 25.9. The number of Topliss-reactive ketones (excluding diaryl/α,β-unsaturated/α-hetero) is 1. The average molecular weight is 645 g/mol. The minimum atomic E-state index is -0.738. The van der Waals surface area contributed by atoms with Gasteiger partial charge in [-0.1, -0.05) is 48.5 Å². The van der Waals surface area contributed by atoms with Gasteiger partial charge in [-0.3, -0.25) is 30.0 Å². The van der Waals surface area contributed by atoms with Crippen LogP contribution >= 0.6 is 0 Å². The third-order valence-corrected chi connectivity index (χ3v) is 11.1. The molecule has 3 aliphatic carbocycles. The van der Waals surface area contributed by atoms with Gasteiger partial charge in [-0.05, 0) is 48.6 Å². The summed E-state index contributed by atoms with van der Waals surface area (Å²) < 4.78 is 0. The standard InChI is InChI=1S/C36H32N6O6/c43-33-29(23-9-7-19-3-1-5-25-27(19)31(23)39-35(37-25)15-11-21(12-16-35)41(45)46)34(44)30(33)24-10-8-20-4-2-6-26-28(20)32(24)40-36(38-26)17-13-22(14-18-36)42(47)48/h1-10,21-22,37-39,43H,11-18H2/b30-24-. The van der Waals surface area contributed by atoms with E-state index >= 15 is 0 Å². The number of benzene rings is 4. The van der Waals surface area contributed by atoms with Crippen molar-refractivity contribution >= 4 is 55.5 Å². The number of aliphatic hydroxyl groups excluding tert-OH is 1. The Bertz CT molecular complexity index is 2300. The lowest BCUT2D eigenvalue weighted by Gasteiger charge is -2.45. The van der Waals surface area contributed by atoms with Gasteiger partial charge in [0, 0.05) is 68.5 Å². The first-order valence-electron chi connectivity index (χ1n) is 16.5. The molecule has 0 unspecified atom stereocenters. The lowest BCUT2D eigenvalue weighted by molar-refractivity contribution is -0.527. The van der Waals surface area contributed by atoms with Crippen LogP contribution in [0, 0.1) is 20.2 Å². The SMILES string of the molecule is O=C1C(c2ccc3cccc4c3c2NC2(CCC([N+](=O)[O-])CC2)N4)=C(O)/C1=c1\ccc2cccc3c2c1=NC1(CCC([N+](=O)[O-])CC1)N3. The van der Waals surface area contributed by atoms with Gasteiger partial charge in [-0.25, -0.2) is 0 Å². The molecule has 12 nitrogen and oxygen atoms in total. The second-order valence-corrected chi connectivity index (χ2v) is 13.8. The Labute approximate surface area is 273 Å². The molecular formula is C36H32N6O6. The van der Waals surface area contributed by atoms with Crippen molar-refractivity contribution in [2.45, 2.75) is 74.8 Å². The van der Waals surface area contributed by atoms with Gasteiger partial charge in [-0.2, -0.15) is 0 Å². The first-order valence-corrected chi connectivity index (χ1v) is 16.5. The molecule has 4 aromatic rings. The van der Waals surface area contributed by atoms with Crippen LogP contribution in [-0.4, -0.2) is 44.1 Å². The van der Waals surface area contributed by atoms with Crippen LogP contribution in [0.3, 0.4) is 0 Å². The van der Waals surface area contributed by atoms with Crippen LogP contribution in [0.15, 0.2) is 71.4 Å². The molecule has 48 heavy (non-hydrogen) atoms. The van der Waals surface area contributed by atoms with E-state index in [0.29, 0.717) is 67.5 Å². The van der Waals surface area contributed by atoms with E-state index in [9.17, 15) is 30.1 Å². The quantitative estimate of drug-likeness (QED) is 0.168. The molecule has 0 saturated heterocycles. The zero-order valence-corrected chi connectivity index (χ0v) is 25.9. The Hall–Kier alpha value is -5.52. The first-order chi connectivity index (χ1) is 23.2. The fourth-order valence-electron chi connectivity index (χ4n) is 8.61. The minimum absolute atomic E-state index is 0.104. The second kappa shape index (κ2) is 9.99. The first kappa shape index (κ1) is 28.7. The highest BCUT2D eigenvalue weighted by Gasteiger charge is 2.45. The molecule has 4 N–H and O–H groups in total. The Kier molecular flexibility index (Phi) is 5.97. The Morgan fingerprint density at radius 1 is 0.729 bits per heavy atom. The highest BCUT2D eigenvalue weighted by Crippen LogP contribution is 2.49. The third-order valence-electron chi connectivity index (χ3n) is 11.1. The predicted octanol–water partition coefficient (Wildman–Crippen LogP) is 5.41. The third kappa shape index (κ3) is 4.07. The molecule has 9 rings (SSSR count). The largest absolute Gasteiger partial charge is 0.506 e. The van der Waals surface area contributed by atoms with Crippen molar-refractivity contribution in [1.82, 2.24) is 0 Å². The Morgan fingerprint density at radius 2 is 1.33 bits per heavy atom. The van der Waals surface area contributed by atoms with Gasteiger partial charge in [0.15, 0.2) is 0 Å². The minimum Gasteiger partial charge on any atom is -0.506 e. The number of anilines is 3. The molecule has 4 aromatic carbocycles. The summed E-state index contributed by atoms with van der Waals surface area (Å²) in [5.74, 6) is -0.396. The maximum atomic E-state index is 14.3. The molecule has 0 atom stereocenters. The van der Waals surface area contributed by atoms with E-state index in [1.54, 1.807) is 0 Å². The van der Waals surface area contributed by atoms with Crippen molar-refractivity contribution in [1.29, 1.82) is 0 Å². The zero-order chi connectivity index (χ0) is 32.9. The van der Waals surface area contributed by atoms with Crippen molar-refractivity contribution in [3.05, 3.63) is 103 Å². The fraction of sp³-hybridized carbons (Fsp3) is 0.333. The van der Waals surface area contributed by atoms with Gasteiger partial charge in [0.25, 0.3) is 0 Å². The van der Waals surface area contributed by atoms with Crippen LogP contribution in [0.5, 0.6) is 0 Å². The van der Waals surface area contributed by atoms with Crippen molar-refractivity contribution in [3.63, 3.8) is 0 Å². The van der Waals surface area contributed by atoms with Crippen molar-refractivity contribution in [3.8, 4) is 0 Å². The number of ketones is 1. The van der Waals surface area contributed by atoms with Crippen LogP contribution in [0.1, 0.15) is 56.9 Å². The highest BCUT2D eigenvalue weighted by atomic mass is 16.6.